The van der Waals surface area contributed by atoms with Crippen LogP contribution in [0.1, 0.15) is 30.4 Å². The summed E-state index contributed by atoms with van der Waals surface area (Å²) in [5, 5.41) is 14.8. The third-order valence-electron chi connectivity index (χ3n) is 4.98. The quantitative estimate of drug-likeness (QED) is 0.756. The van der Waals surface area contributed by atoms with Gasteiger partial charge in [-0.15, -0.1) is 0 Å². The summed E-state index contributed by atoms with van der Waals surface area (Å²) in [7, 11) is 1.61. The number of ether oxygens (including phenoxy) is 1. The summed E-state index contributed by atoms with van der Waals surface area (Å²) in [5.41, 5.74) is 3.22. The molecule has 0 atom stereocenters. The Balaban J connectivity index is 1.57. The van der Waals surface area contributed by atoms with E-state index >= 15 is 0 Å². The Labute approximate surface area is 147 Å². The number of aliphatic carboxylic acids is 1. The number of carboxylic acid groups (broad SMARTS) is 1. The molecule has 1 aliphatic heterocycles. The first-order valence-electron chi connectivity index (χ1n) is 8.77. The van der Waals surface area contributed by atoms with Crippen LogP contribution in [0.25, 0.3) is 0 Å². The molecule has 3 N–H and O–H groups in total. The van der Waals surface area contributed by atoms with Crippen molar-refractivity contribution in [3.8, 4) is 5.75 Å². The number of carbonyl (C=O) groups is 2. The molecule has 1 aliphatic carbocycles. The summed E-state index contributed by atoms with van der Waals surface area (Å²) in [6.45, 7) is 1.43. The molecule has 2 amide bonds. The van der Waals surface area contributed by atoms with E-state index in [0.29, 0.717) is 18.8 Å². The van der Waals surface area contributed by atoms with Gasteiger partial charge in [0.1, 0.15) is 5.75 Å². The molecule has 0 spiro atoms. The smallest absolute Gasteiger partial charge is 0.319 e. The van der Waals surface area contributed by atoms with E-state index in [0.717, 1.165) is 37.8 Å². The molecule has 1 heterocycles. The molecule has 1 saturated heterocycles. The van der Waals surface area contributed by atoms with Crippen molar-refractivity contribution in [2.45, 2.75) is 38.1 Å². The average molecular weight is 347 g/mol. The number of likely N-dealkylation sites (tertiary alicyclic amines) is 1. The molecule has 2 aliphatic rings. The highest BCUT2D eigenvalue weighted by Gasteiger charge is 2.24. The van der Waals surface area contributed by atoms with Gasteiger partial charge >= 0.3 is 12.0 Å². The van der Waals surface area contributed by atoms with E-state index in [4.69, 9.17) is 9.84 Å². The molecule has 25 heavy (non-hydrogen) atoms. The third-order valence-corrected chi connectivity index (χ3v) is 4.98. The van der Waals surface area contributed by atoms with Gasteiger partial charge in [0.2, 0.25) is 0 Å². The minimum absolute atomic E-state index is 0.0618. The van der Waals surface area contributed by atoms with Crippen LogP contribution in [0.2, 0.25) is 0 Å². The molecule has 1 fully saturated rings. The van der Waals surface area contributed by atoms with Crippen molar-refractivity contribution >= 4 is 17.7 Å². The maximum atomic E-state index is 12.4. The maximum absolute atomic E-state index is 12.4. The zero-order valence-corrected chi connectivity index (χ0v) is 14.5. The summed E-state index contributed by atoms with van der Waals surface area (Å²) in [6, 6.07) is 3.81. The summed E-state index contributed by atoms with van der Waals surface area (Å²) in [5.74, 6) is -0.124. The Morgan fingerprint density at radius 2 is 2.04 bits per heavy atom. The highest BCUT2D eigenvalue weighted by molar-refractivity contribution is 5.92. The van der Waals surface area contributed by atoms with Gasteiger partial charge in [0.25, 0.3) is 0 Å². The number of urea groups is 1. The van der Waals surface area contributed by atoms with Crippen molar-refractivity contribution in [3.05, 3.63) is 23.3 Å². The van der Waals surface area contributed by atoms with Gasteiger partial charge in [0.15, 0.2) is 0 Å². The Bertz CT molecular complexity index is 654. The van der Waals surface area contributed by atoms with Gasteiger partial charge in [-0.25, -0.2) is 4.79 Å². The molecular formula is C18H25N3O4. The largest absolute Gasteiger partial charge is 0.495 e. The number of anilines is 1. The zero-order valence-electron chi connectivity index (χ0n) is 14.5. The predicted octanol–water partition coefficient (Wildman–Crippen LogP) is 1.85. The van der Waals surface area contributed by atoms with Crippen molar-refractivity contribution in [2.24, 2.45) is 0 Å². The van der Waals surface area contributed by atoms with Gasteiger partial charge in [-0.2, -0.15) is 0 Å². The van der Waals surface area contributed by atoms with E-state index in [9.17, 15) is 9.59 Å². The summed E-state index contributed by atoms with van der Waals surface area (Å²) >= 11 is 0. The van der Waals surface area contributed by atoms with Gasteiger partial charge in [0, 0.05) is 19.1 Å². The number of nitrogens with zero attached hydrogens (tertiary/aromatic N) is 1. The summed E-state index contributed by atoms with van der Waals surface area (Å²) in [6.07, 6.45) is 4.60. The van der Waals surface area contributed by atoms with Gasteiger partial charge in [0.05, 0.1) is 19.3 Å². The second-order valence-corrected chi connectivity index (χ2v) is 6.68. The molecule has 136 valence electrons. The summed E-state index contributed by atoms with van der Waals surface area (Å²) < 4.78 is 5.41. The lowest BCUT2D eigenvalue weighted by Crippen LogP contribution is -2.47. The van der Waals surface area contributed by atoms with Gasteiger partial charge in [-0.05, 0) is 49.3 Å². The number of fused-ring (bicyclic) bond motifs is 1. The van der Waals surface area contributed by atoms with Crippen molar-refractivity contribution in [3.63, 3.8) is 0 Å². The van der Waals surface area contributed by atoms with E-state index in [1.54, 1.807) is 7.11 Å². The van der Waals surface area contributed by atoms with Gasteiger partial charge in [-0.1, -0.05) is 6.07 Å². The van der Waals surface area contributed by atoms with Crippen LogP contribution in [0.3, 0.4) is 0 Å². The third kappa shape index (κ3) is 4.22. The van der Waals surface area contributed by atoms with E-state index in [-0.39, 0.29) is 18.6 Å². The van der Waals surface area contributed by atoms with Crippen molar-refractivity contribution < 1.29 is 19.4 Å². The van der Waals surface area contributed by atoms with Crippen LogP contribution < -0.4 is 15.4 Å². The SMILES string of the molecule is COc1ccc2c(c1NC(=O)NC1CCN(CC(=O)O)CC1)CCC2. The standard InChI is InChI=1S/C18H25N3O4/c1-25-15-6-5-12-3-2-4-14(12)17(15)20-18(24)19-13-7-9-21(10-8-13)11-16(22)23/h5-6,13H,2-4,7-11H2,1H3,(H,22,23)(H2,19,20,24). The number of carbonyl (C=O) groups excluding carboxylic acids is 1. The lowest BCUT2D eigenvalue weighted by molar-refractivity contribution is -0.138. The fraction of sp³-hybridized carbons (Fsp3) is 0.556. The maximum Gasteiger partial charge on any atom is 0.319 e. The fourth-order valence-electron chi connectivity index (χ4n) is 3.71. The van der Waals surface area contributed by atoms with Crippen molar-refractivity contribution in [2.75, 3.05) is 32.1 Å². The van der Waals surface area contributed by atoms with Crippen LogP contribution in [-0.2, 0) is 17.6 Å². The second-order valence-electron chi connectivity index (χ2n) is 6.68. The minimum atomic E-state index is -0.811. The lowest BCUT2D eigenvalue weighted by Gasteiger charge is -2.31. The first kappa shape index (κ1) is 17.5. The number of carboxylic acids is 1. The Hall–Kier alpha value is -2.28. The number of methoxy groups -OCH3 is 1. The number of amides is 2. The van der Waals surface area contributed by atoms with Crippen molar-refractivity contribution in [1.82, 2.24) is 10.2 Å². The minimum Gasteiger partial charge on any atom is -0.495 e. The van der Waals surface area contributed by atoms with Crippen LogP contribution in [0.4, 0.5) is 10.5 Å². The molecule has 0 unspecified atom stereocenters. The fourth-order valence-corrected chi connectivity index (χ4v) is 3.71. The van der Waals surface area contributed by atoms with E-state index in [2.05, 4.69) is 16.7 Å². The topological polar surface area (TPSA) is 90.9 Å². The van der Waals surface area contributed by atoms with E-state index < -0.39 is 5.97 Å². The number of nitrogens with one attached hydrogen (secondary N) is 2. The lowest BCUT2D eigenvalue weighted by atomic mass is 10.1. The number of aryl methyl sites for hydroxylation is 1. The van der Waals surface area contributed by atoms with Crippen LogP contribution in [0.15, 0.2) is 12.1 Å². The zero-order chi connectivity index (χ0) is 17.8. The molecule has 0 aromatic heterocycles. The first-order chi connectivity index (χ1) is 12.1. The molecule has 0 radical (unpaired) electrons. The normalized spacial score (nSPS) is 17.8. The molecule has 7 nitrogen and oxygen atoms in total. The predicted molar refractivity (Wildman–Crippen MR) is 94.3 cm³/mol. The number of rotatable bonds is 5. The number of hydrogen-bond acceptors (Lipinski definition) is 4. The number of hydrogen-bond donors (Lipinski definition) is 3. The molecule has 0 bridgehead atoms. The Kier molecular flexibility index (Phi) is 5.43. The molecule has 0 saturated carbocycles. The molecule has 7 heteroatoms. The average Bonchev–Trinajstić information content (AvgIpc) is 3.05. The molecule has 1 aromatic rings. The van der Waals surface area contributed by atoms with E-state index in [1.807, 2.05) is 11.0 Å². The monoisotopic (exact) mass is 347 g/mol. The molecular weight excluding hydrogens is 322 g/mol. The van der Waals surface area contributed by atoms with Crippen LogP contribution >= 0.6 is 0 Å². The first-order valence-corrected chi connectivity index (χ1v) is 8.77. The van der Waals surface area contributed by atoms with Crippen LogP contribution in [0.5, 0.6) is 5.75 Å². The molecule has 1 aromatic carbocycles. The highest BCUT2D eigenvalue weighted by Crippen LogP contribution is 2.36. The highest BCUT2D eigenvalue weighted by atomic mass is 16.5. The summed E-state index contributed by atoms with van der Waals surface area (Å²) in [4.78, 5) is 25.1. The Morgan fingerprint density at radius 1 is 1.28 bits per heavy atom. The molecule has 3 rings (SSSR count). The van der Waals surface area contributed by atoms with Gasteiger partial charge < -0.3 is 20.5 Å². The second kappa shape index (κ2) is 7.74. The number of benzene rings is 1. The van der Waals surface area contributed by atoms with Crippen molar-refractivity contribution in [1.29, 1.82) is 0 Å². The van der Waals surface area contributed by atoms with Crippen LogP contribution in [-0.4, -0.2) is 54.8 Å². The van der Waals surface area contributed by atoms with Crippen LogP contribution in [0, 0.1) is 0 Å². The number of piperidine rings is 1. The Morgan fingerprint density at radius 3 is 2.72 bits per heavy atom. The van der Waals surface area contributed by atoms with E-state index in [1.165, 1.54) is 11.1 Å². The van der Waals surface area contributed by atoms with Gasteiger partial charge in [-0.3, -0.25) is 9.69 Å².